The molecule has 0 aromatic heterocycles. The molecule has 0 saturated heterocycles. The SMILES string of the molecule is Nc1c(N=Nc2cc(S(=O)(=O)O)ccc2S(=O)(=O)O)ccc2cccc(O)c12. The van der Waals surface area contributed by atoms with Crippen LogP contribution in [0.3, 0.4) is 0 Å². The smallest absolute Gasteiger partial charge is 0.296 e. The van der Waals surface area contributed by atoms with Gasteiger partial charge in [-0.05, 0) is 35.7 Å². The van der Waals surface area contributed by atoms with Crippen LogP contribution >= 0.6 is 0 Å². The molecular formula is C16H13N3O7S2. The first-order chi connectivity index (χ1) is 13.0. The van der Waals surface area contributed by atoms with Crippen LogP contribution in [0.4, 0.5) is 17.1 Å². The van der Waals surface area contributed by atoms with E-state index in [9.17, 15) is 26.5 Å². The molecule has 28 heavy (non-hydrogen) atoms. The Morgan fingerprint density at radius 3 is 2.14 bits per heavy atom. The molecule has 0 bridgehead atoms. The Morgan fingerprint density at radius 1 is 0.821 bits per heavy atom. The van der Waals surface area contributed by atoms with Crippen molar-refractivity contribution >= 4 is 48.1 Å². The average molecular weight is 423 g/mol. The standard InChI is InChI=1S/C16H13N3O7S2/c17-16-11(6-4-9-2-1-3-13(20)15(9)16)18-19-12-8-10(27(21,22)23)5-7-14(12)28(24,25)26/h1-8,20H,17H2,(H,21,22,23)(H,24,25,26). The highest BCUT2D eigenvalue weighted by atomic mass is 32.2. The molecule has 146 valence electrons. The van der Waals surface area contributed by atoms with Gasteiger partial charge in [0.05, 0.1) is 10.6 Å². The topological polar surface area (TPSA) is 180 Å². The van der Waals surface area contributed by atoms with Gasteiger partial charge in [0.15, 0.2) is 0 Å². The number of anilines is 1. The summed E-state index contributed by atoms with van der Waals surface area (Å²) in [7, 11) is -9.40. The first-order valence-corrected chi connectivity index (χ1v) is 10.4. The number of hydrogen-bond donors (Lipinski definition) is 4. The minimum Gasteiger partial charge on any atom is -0.507 e. The van der Waals surface area contributed by atoms with E-state index in [2.05, 4.69) is 10.2 Å². The second kappa shape index (κ2) is 6.83. The number of nitrogen functional groups attached to an aromatic ring is 1. The predicted molar refractivity (Wildman–Crippen MR) is 100 cm³/mol. The number of benzene rings is 3. The Bertz CT molecular complexity index is 1330. The van der Waals surface area contributed by atoms with Gasteiger partial charge < -0.3 is 10.8 Å². The first-order valence-electron chi connectivity index (χ1n) is 7.49. The summed E-state index contributed by atoms with van der Waals surface area (Å²) < 4.78 is 64.0. The van der Waals surface area contributed by atoms with Gasteiger partial charge in [0.25, 0.3) is 20.2 Å². The van der Waals surface area contributed by atoms with Gasteiger partial charge in [-0.3, -0.25) is 9.11 Å². The van der Waals surface area contributed by atoms with Gasteiger partial charge in [0.2, 0.25) is 0 Å². The second-order valence-electron chi connectivity index (χ2n) is 5.65. The third-order valence-corrected chi connectivity index (χ3v) is 5.56. The van der Waals surface area contributed by atoms with Crippen LogP contribution in [0.25, 0.3) is 10.8 Å². The molecule has 0 aliphatic heterocycles. The van der Waals surface area contributed by atoms with Crippen molar-refractivity contribution in [1.82, 2.24) is 0 Å². The number of nitrogens with two attached hydrogens (primary N) is 1. The van der Waals surface area contributed by atoms with E-state index in [1.807, 2.05) is 0 Å². The van der Waals surface area contributed by atoms with Crippen molar-refractivity contribution < 1.29 is 31.0 Å². The number of phenols is 1. The second-order valence-corrected chi connectivity index (χ2v) is 8.46. The van der Waals surface area contributed by atoms with Crippen LogP contribution < -0.4 is 5.73 Å². The molecule has 0 saturated carbocycles. The average Bonchev–Trinajstić information content (AvgIpc) is 2.59. The summed E-state index contributed by atoms with van der Waals surface area (Å²) in [5.41, 5.74) is 5.57. The molecule has 3 aromatic rings. The Kier molecular flexibility index (Phi) is 4.81. The molecule has 0 spiro atoms. The van der Waals surface area contributed by atoms with Crippen molar-refractivity contribution in [3.05, 3.63) is 48.5 Å². The maximum atomic E-state index is 11.5. The monoisotopic (exact) mass is 423 g/mol. The molecule has 5 N–H and O–H groups in total. The number of fused-ring (bicyclic) bond motifs is 1. The van der Waals surface area contributed by atoms with Gasteiger partial charge >= 0.3 is 0 Å². The Hall–Kier alpha value is -3.06. The highest BCUT2D eigenvalue weighted by molar-refractivity contribution is 7.86. The molecule has 0 fully saturated rings. The van der Waals surface area contributed by atoms with E-state index in [-0.39, 0.29) is 17.1 Å². The largest absolute Gasteiger partial charge is 0.507 e. The van der Waals surface area contributed by atoms with E-state index in [1.54, 1.807) is 18.2 Å². The van der Waals surface area contributed by atoms with Crippen LogP contribution in [0.1, 0.15) is 0 Å². The van der Waals surface area contributed by atoms with Crippen molar-refractivity contribution in [3.63, 3.8) is 0 Å². The number of azo groups is 1. The Balaban J connectivity index is 2.18. The fourth-order valence-corrected chi connectivity index (χ4v) is 3.63. The quantitative estimate of drug-likeness (QED) is 0.281. The molecule has 3 aromatic carbocycles. The zero-order valence-electron chi connectivity index (χ0n) is 13.9. The number of rotatable bonds is 4. The van der Waals surface area contributed by atoms with Crippen LogP contribution in [0.5, 0.6) is 5.75 Å². The maximum absolute atomic E-state index is 11.5. The van der Waals surface area contributed by atoms with Crippen molar-refractivity contribution in [2.75, 3.05) is 5.73 Å². The van der Waals surface area contributed by atoms with E-state index in [4.69, 9.17) is 10.3 Å². The third kappa shape index (κ3) is 3.80. The summed E-state index contributed by atoms with van der Waals surface area (Å²) in [6.07, 6.45) is 0. The molecule has 12 heteroatoms. The molecule has 0 radical (unpaired) electrons. The zero-order valence-corrected chi connectivity index (χ0v) is 15.5. The predicted octanol–water partition coefficient (Wildman–Crippen LogP) is 3.04. The molecule has 0 amide bonds. The molecule has 0 aliphatic carbocycles. The van der Waals surface area contributed by atoms with Gasteiger partial charge in [-0.15, -0.1) is 10.2 Å². The first kappa shape index (κ1) is 19.7. The summed E-state index contributed by atoms with van der Waals surface area (Å²) in [5, 5.41) is 18.4. The van der Waals surface area contributed by atoms with Gasteiger partial charge in [0.1, 0.15) is 22.0 Å². The summed E-state index contributed by atoms with van der Waals surface area (Å²) in [6, 6.07) is 10.1. The van der Waals surface area contributed by atoms with Crippen LogP contribution in [0, 0.1) is 0 Å². The van der Waals surface area contributed by atoms with E-state index in [0.29, 0.717) is 10.8 Å². The van der Waals surface area contributed by atoms with Crippen molar-refractivity contribution in [1.29, 1.82) is 0 Å². The number of hydrogen-bond acceptors (Lipinski definition) is 8. The minimum absolute atomic E-state index is 0.0543. The number of phenolic OH excluding ortho intramolecular Hbond substituents is 1. The highest BCUT2D eigenvalue weighted by Crippen LogP contribution is 2.37. The van der Waals surface area contributed by atoms with Crippen LogP contribution in [0.2, 0.25) is 0 Å². The molecule has 0 unspecified atom stereocenters. The maximum Gasteiger partial charge on any atom is 0.296 e. The van der Waals surface area contributed by atoms with Crippen molar-refractivity contribution in [2.45, 2.75) is 9.79 Å². The van der Waals surface area contributed by atoms with Crippen LogP contribution in [-0.4, -0.2) is 31.0 Å². The molecule has 0 heterocycles. The van der Waals surface area contributed by atoms with Crippen molar-refractivity contribution in [2.24, 2.45) is 10.2 Å². The molecular weight excluding hydrogens is 410 g/mol. The Labute approximate surface area is 159 Å². The lowest BCUT2D eigenvalue weighted by molar-refractivity contribution is 0.478. The zero-order chi connectivity index (χ0) is 20.7. The highest BCUT2D eigenvalue weighted by Gasteiger charge is 2.20. The van der Waals surface area contributed by atoms with Crippen LogP contribution in [0.15, 0.2) is 68.6 Å². The fourth-order valence-electron chi connectivity index (χ4n) is 2.53. The molecule has 0 aliphatic rings. The summed E-state index contributed by atoms with van der Waals surface area (Å²) >= 11 is 0. The minimum atomic E-state index is -4.75. The molecule has 10 nitrogen and oxygen atoms in total. The normalized spacial score (nSPS) is 12.6. The van der Waals surface area contributed by atoms with E-state index < -0.39 is 35.7 Å². The summed E-state index contributed by atoms with van der Waals surface area (Å²) in [4.78, 5) is -1.36. The number of nitrogens with zero attached hydrogens (tertiary/aromatic N) is 2. The van der Waals surface area contributed by atoms with Crippen molar-refractivity contribution in [3.8, 4) is 5.75 Å². The fraction of sp³-hybridized carbons (Fsp3) is 0. The van der Waals surface area contributed by atoms with Gasteiger partial charge in [-0.1, -0.05) is 18.2 Å². The summed E-state index contributed by atoms with van der Waals surface area (Å²) in [5.74, 6) is -0.0981. The van der Waals surface area contributed by atoms with Crippen LogP contribution in [-0.2, 0) is 20.2 Å². The molecule has 3 rings (SSSR count). The van der Waals surface area contributed by atoms with Gasteiger partial charge in [0, 0.05) is 5.39 Å². The lowest BCUT2D eigenvalue weighted by atomic mass is 10.1. The van der Waals surface area contributed by atoms with E-state index in [1.165, 1.54) is 12.1 Å². The molecule has 0 atom stereocenters. The van der Waals surface area contributed by atoms with Gasteiger partial charge in [-0.2, -0.15) is 16.8 Å². The lowest BCUT2D eigenvalue weighted by Gasteiger charge is -2.07. The number of aromatic hydroxyl groups is 1. The van der Waals surface area contributed by atoms with Gasteiger partial charge in [-0.25, -0.2) is 0 Å². The van der Waals surface area contributed by atoms with E-state index in [0.717, 1.165) is 18.2 Å². The summed E-state index contributed by atoms with van der Waals surface area (Å²) in [6.45, 7) is 0. The lowest BCUT2D eigenvalue weighted by Crippen LogP contribution is -2.02. The Morgan fingerprint density at radius 2 is 1.50 bits per heavy atom. The third-order valence-electron chi connectivity index (χ3n) is 3.81. The van der Waals surface area contributed by atoms with E-state index >= 15 is 0 Å².